The minimum Gasteiger partial charge on any atom is -0.481 e. The van der Waals surface area contributed by atoms with Crippen molar-refractivity contribution < 1.29 is 19.4 Å². The van der Waals surface area contributed by atoms with Crippen LogP contribution in [0, 0.1) is 5.92 Å². The van der Waals surface area contributed by atoms with Crippen LogP contribution in [0.15, 0.2) is 0 Å². The second kappa shape index (κ2) is 8.87. The van der Waals surface area contributed by atoms with Crippen LogP contribution in [-0.4, -0.2) is 61.8 Å². The van der Waals surface area contributed by atoms with Crippen LogP contribution in [0.25, 0.3) is 0 Å². The summed E-state index contributed by atoms with van der Waals surface area (Å²) >= 11 is 0. The lowest BCUT2D eigenvalue weighted by molar-refractivity contribution is -0.138. The number of carboxylic acids is 1. The Bertz CT molecular complexity index is 288. The molecule has 0 aromatic carbocycles. The van der Waals surface area contributed by atoms with Crippen molar-refractivity contribution in [2.75, 3.05) is 39.9 Å². The first-order valence-corrected chi connectivity index (χ1v) is 6.82. The van der Waals surface area contributed by atoms with Crippen LogP contribution < -0.4 is 5.32 Å². The van der Waals surface area contributed by atoms with Crippen molar-refractivity contribution in [2.24, 2.45) is 5.92 Å². The molecule has 0 atom stereocenters. The molecule has 0 spiro atoms. The number of methoxy groups -OCH3 is 1. The second-order valence-corrected chi connectivity index (χ2v) is 4.93. The van der Waals surface area contributed by atoms with Crippen molar-refractivity contribution in [3.8, 4) is 0 Å². The van der Waals surface area contributed by atoms with E-state index in [-0.39, 0.29) is 12.3 Å². The molecule has 1 rings (SSSR count). The maximum absolute atomic E-state index is 11.9. The van der Waals surface area contributed by atoms with Crippen molar-refractivity contribution in [2.45, 2.75) is 25.7 Å². The average molecular weight is 272 g/mol. The van der Waals surface area contributed by atoms with Gasteiger partial charge in [0.1, 0.15) is 0 Å². The van der Waals surface area contributed by atoms with Crippen LogP contribution >= 0.6 is 0 Å². The highest BCUT2D eigenvalue weighted by Crippen LogP contribution is 2.21. The lowest BCUT2D eigenvalue weighted by Crippen LogP contribution is -2.43. The van der Waals surface area contributed by atoms with Crippen molar-refractivity contribution >= 4 is 11.9 Å². The number of piperidine rings is 1. The summed E-state index contributed by atoms with van der Waals surface area (Å²) in [5, 5.41) is 11.7. The predicted octanol–water partition coefficient (Wildman–Crippen LogP) is 0.326. The summed E-state index contributed by atoms with van der Waals surface area (Å²) < 4.78 is 4.89. The fraction of sp³-hybridized carbons (Fsp3) is 0.846. The van der Waals surface area contributed by atoms with E-state index in [4.69, 9.17) is 9.84 Å². The monoisotopic (exact) mass is 272 g/mol. The lowest BCUT2D eigenvalue weighted by atomic mass is 9.92. The molecule has 0 bridgehead atoms. The molecule has 0 unspecified atom stereocenters. The number of ether oxygens (including phenoxy) is 1. The van der Waals surface area contributed by atoms with Crippen molar-refractivity contribution in [1.29, 1.82) is 0 Å². The minimum atomic E-state index is -0.735. The number of rotatable bonds is 8. The van der Waals surface area contributed by atoms with Crippen molar-refractivity contribution in [3.63, 3.8) is 0 Å². The van der Waals surface area contributed by atoms with Gasteiger partial charge in [-0.05, 0) is 25.2 Å². The molecule has 0 radical (unpaired) electrons. The molecule has 6 nitrogen and oxygen atoms in total. The van der Waals surface area contributed by atoms with E-state index in [9.17, 15) is 9.59 Å². The molecule has 6 heteroatoms. The topological polar surface area (TPSA) is 78.9 Å². The number of carbonyl (C=O) groups is 2. The lowest BCUT2D eigenvalue weighted by Gasteiger charge is -2.32. The van der Waals surface area contributed by atoms with Gasteiger partial charge in [0.2, 0.25) is 5.91 Å². The Balaban J connectivity index is 2.14. The molecule has 1 amide bonds. The molecule has 0 saturated carbocycles. The van der Waals surface area contributed by atoms with E-state index < -0.39 is 5.97 Å². The van der Waals surface area contributed by atoms with E-state index in [1.807, 2.05) is 4.90 Å². The van der Waals surface area contributed by atoms with E-state index in [1.54, 1.807) is 7.11 Å². The van der Waals surface area contributed by atoms with Gasteiger partial charge in [0.25, 0.3) is 0 Å². The fourth-order valence-electron chi connectivity index (χ4n) is 2.28. The summed E-state index contributed by atoms with van der Waals surface area (Å²) in [5.41, 5.74) is 0. The maximum Gasteiger partial charge on any atom is 0.303 e. The molecule has 0 aliphatic carbocycles. The highest BCUT2D eigenvalue weighted by molar-refractivity contribution is 5.78. The Morgan fingerprint density at radius 3 is 2.63 bits per heavy atom. The second-order valence-electron chi connectivity index (χ2n) is 4.93. The van der Waals surface area contributed by atoms with E-state index in [1.165, 1.54) is 0 Å². The SMILES string of the molecule is COCCNCC(=O)N1CCC(CCC(=O)O)CC1. The molecule has 1 saturated heterocycles. The number of likely N-dealkylation sites (tertiary alicyclic amines) is 1. The summed E-state index contributed by atoms with van der Waals surface area (Å²) in [7, 11) is 1.63. The van der Waals surface area contributed by atoms with Gasteiger partial charge in [0.05, 0.1) is 13.2 Å². The molecule has 1 aliphatic rings. The summed E-state index contributed by atoms with van der Waals surface area (Å²) in [5.74, 6) is -0.171. The number of amides is 1. The van der Waals surface area contributed by atoms with Gasteiger partial charge in [-0.3, -0.25) is 9.59 Å². The Morgan fingerprint density at radius 1 is 1.37 bits per heavy atom. The number of nitrogens with one attached hydrogen (secondary N) is 1. The van der Waals surface area contributed by atoms with Gasteiger partial charge < -0.3 is 20.1 Å². The number of nitrogens with zero attached hydrogens (tertiary/aromatic N) is 1. The van der Waals surface area contributed by atoms with Gasteiger partial charge in [-0.2, -0.15) is 0 Å². The Hall–Kier alpha value is -1.14. The molecule has 19 heavy (non-hydrogen) atoms. The molecule has 2 N–H and O–H groups in total. The maximum atomic E-state index is 11.9. The van der Waals surface area contributed by atoms with Crippen molar-refractivity contribution in [1.82, 2.24) is 10.2 Å². The highest BCUT2D eigenvalue weighted by Gasteiger charge is 2.22. The third-order valence-corrected chi connectivity index (χ3v) is 3.49. The van der Waals surface area contributed by atoms with Crippen LogP contribution in [0.5, 0.6) is 0 Å². The third kappa shape index (κ3) is 6.54. The molecule has 110 valence electrons. The third-order valence-electron chi connectivity index (χ3n) is 3.49. The number of hydrogen-bond donors (Lipinski definition) is 2. The fourth-order valence-corrected chi connectivity index (χ4v) is 2.28. The Kier molecular flexibility index (Phi) is 7.43. The minimum absolute atomic E-state index is 0.118. The average Bonchev–Trinajstić information content (AvgIpc) is 2.41. The zero-order chi connectivity index (χ0) is 14.1. The Morgan fingerprint density at radius 2 is 2.05 bits per heavy atom. The summed E-state index contributed by atoms with van der Waals surface area (Å²) in [6.07, 6.45) is 2.79. The number of carbonyl (C=O) groups excluding carboxylic acids is 1. The zero-order valence-corrected chi connectivity index (χ0v) is 11.6. The van der Waals surface area contributed by atoms with Gasteiger partial charge >= 0.3 is 5.97 Å². The predicted molar refractivity (Wildman–Crippen MR) is 70.9 cm³/mol. The first-order chi connectivity index (χ1) is 9.13. The van der Waals surface area contributed by atoms with E-state index >= 15 is 0 Å². The van der Waals surface area contributed by atoms with Gasteiger partial charge in [-0.1, -0.05) is 0 Å². The molecule has 1 fully saturated rings. The first kappa shape index (κ1) is 15.9. The van der Waals surface area contributed by atoms with Crippen LogP contribution in [0.3, 0.4) is 0 Å². The van der Waals surface area contributed by atoms with Crippen LogP contribution in [0.4, 0.5) is 0 Å². The number of carboxylic acid groups (broad SMARTS) is 1. The van der Waals surface area contributed by atoms with Crippen LogP contribution in [0.2, 0.25) is 0 Å². The number of aliphatic carboxylic acids is 1. The van der Waals surface area contributed by atoms with Crippen LogP contribution in [-0.2, 0) is 14.3 Å². The molecular weight excluding hydrogens is 248 g/mol. The van der Waals surface area contributed by atoms with Gasteiger partial charge in [0.15, 0.2) is 0 Å². The molecule has 1 heterocycles. The normalized spacial score (nSPS) is 16.6. The largest absolute Gasteiger partial charge is 0.481 e. The van der Waals surface area contributed by atoms with E-state index in [0.29, 0.717) is 25.6 Å². The van der Waals surface area contributed by atoms with Crippen molar-refractivity contribution in [3.05, 3.63) is 0 Å². The van der Waals surface area contributed by atoms with E-state index in [2.05, 4.69) is 5.32 Å². The Labute approximate surface area is 114 Å². The standard InChI is InChI=1S/C13H24N2O4/c1-19-9-6-14-10-12(16)15-7-4-11(5-8-15)2-3-13(17)18/h11,14H,2-10H2,1H3,(H,17,18). The zero-order valence-electron chi connectivity index (χ0n) is 11.6. The summed E-state index contributed by atoms with van der Waals surface area (Å²) in [4.78, 5) is 24.2. The highest BCUT2D eigenvalue weighted by atomic mass is 16.5. The van der Waals surface area contributed by atoms with Gasteiger partial charge in [0, 0.05) is 33.2 Å². The van der Waals surface area contributed by atoms with Crippen LogP contribution in [0.1, 0.15) is 25.7 Å². The molecule has 0 aromatic heterocycles. The quantitative estimate of drug-likeness (QED) is 0.622. The van der Waals surface area contributed by atoms with Gasteiger partial charge in [-0.15, -0.1) is 0 Å². The summed E-state index contributed by atoms with van der Waals surface area (Å²) in [6, 6.07) is 0. The molecule has 0 aromatic rings. The smallest absolute Gasteiger partial charge is 0.303 e. The molecular formula is C13H24N2O4. The van der Waals surface area contributed by atoms with E-state index in [0.717, 1.165) is 32.4 Å². The first-order valence-electron chi connectivity index (χ1n) is 6.82. The molecule has 1 aliphatic heterocycles. The van der Waals surface area contributed by atoms with Gasteiger partial charge in [-0.25, -0.2) is 0 Å². The number of hydrogen-bond acceptors (Lipinski definition) is 4. The summed E-state index contributed by atoms with van der Waals surface area (Å²) in [6.45, 7) is 3.12.